The van der Waals surface area contributed by atoms with Crippen molar-refractivity contribution in [1.29, 1.82) is 0 Å². The molecule has 0 N–H and O–H groups in total. The molecular formula is C32H38O9. The maximum Gasteiger partial charge on any atom is 0.231 e. The number of benzene rings is 3. The van der Waals surface area contributed by atoms with Crippen LogP contribution in [-0.2, 0) is 14.2 Å². The topological polar surface area (TPSA) is 83.1 Å². The summed E-state index contributed by atoms with van der Waals surface area (Å²) in [5.74, 6) is 4.35. The molecule has 2 heterocycles. The van der Waals surface area contributed by atoms with E-state index >= 15 is 0 Å². The van der Waals surface area contributed by atoms with Gasteiger partial charge < -0.3 is 42.6 Å². The number of fused-ring (bicyclic) bond motifs is 1. The van der Waals surface area contributed by atoms with Crippen LogP contribution in [0.15, 0.2) is 54.6 Å². The van der Waals surface area contributed by atoms with Gasteiger partial charge >= 0.3 is 0 Å². The van der Waals surface area contributed by atoms with Gasteiger partial charge in [-0.05, 0) is 64.9 Å². The number of methoxy groups -OCH3 is 5. The first-order valence-electron chi connectivity index (χ1n) is 13.6. The summed E-state index contributed by atoms with van der Waals surface area (Å²) in [7, 11) is 8.08. The van der Waals surface area contributed by atoms with Crippen molar-refractivity contribution in [2.45, 2.75) is 38.4 Å². The Morgan fingerprint density at radius 2 is 1.22 bits per heavy atom. The van der Waals surface area contributed by atoms with E-state index in [1.807, 2.05) is 54.6 Å². The fourth-order valence-electron chi connectivity index (χ4n) is 5.56. The van der Waals surface area contributed by atoms with E-state index in [0.717, 1.165) is 16.7 Å². The fourth-order valence-corrected chi connectivity index (χ4v) is 5.56. The first-order valence-corrected chi connectivity index (χ1v) is 13.6. The highest BCUT2D eigenvalue weighted by Gasteiger charge is 2.41. The van der Waals surface area contributed by atoms with Gasteiger partial charge in [0.25, 0.3) is 0 Å². The van der Waals surface area contributed by atoms with Gasteiger partial charge in [0, 0.05) is 14.2 Å². The van der Waals surface area contributed by atoms with Gasteiger partial charge in [0.05, 0.1) is 33.5 Å². The highest BCUT2D eigenvalue weighted by molar-refractivity contribution is 5.47. The van der Waals surface area contributed by atoms with E-state index in [-0.39, 0.29) is 30.8 Å². The maximum atomic E-state index is 6.66. The number of hydrogen-bond acceptors (Lipinski definition) is 9. The lowest BCUT2D eigenvalue weighted by molar-refractivity contribution is -0.141. The third kappa shape index (κ3) is 5.62. The van der Waals surface area contributed by atoms with Gasteiger partial charge in [-0.1, -0.05) is 32.0 Å². The molecular weight excluding hydrogens is 528 g/mol. The maximum absolute atomic E-state index is 6.66. The Morgan fingerprint density at radius 1 is 0.634 bits per heavy atom. The molecule has 0 radical (unpaired) electrons. The lowest BCUT2D eigenvalue weighted by Gasteiger charge is -2.27. The fraction of sp³-hybridized carbons (Fsp3) is 0.438. The highest BCUT2D eigenvalue weighted by Crippen LogP contribution is 2.51. The summed E-state index contributed by atoms with van der Waals surface area (Å²) in [6.45, 7) is 4.62. The molecule has 0 amide bonds. The van der Waals surface area contributed by atoms with Crippen LogP contribution < -0.4 is 28.4 Å². The Balaban J connectivity index is 1.36. The zero-order valence-corrected chi connectivity index (χ0v) is 24.5. The Hall–Kier alpha value is -3.66. The predicted molar refractivity (Wildman–Crippen MR) is 151 cm³/mol. The normalized spacial score (nSPS) is 22.7. The Morgan fingerprint density at radius 3 is 1.80 bits per heavy atom. The van der Waals surface area contributed by atoms with Crippen molar-refractivity contribution in [3.63, 3.8) is 0 Å². The number of hydrogen-bond donors (Lipinski definition) is 0. The van der Waals surface area contributed by atoms with Crippen LogP contribution >= 0.6 is 0 Å². The van der Waals surface area contributed by atoms with Crippen molar-refractivity contribution in [2.24, 2.45) is 11.8 Å². The second kappa shape index (κ2) is 12.5. The van der Waals surface area contributed by atoms with E-state index in [1.165, 1.54) is 0 Å². The molecule has 0 aromatic heterocycles. The molecule has 5 rings (SSSR count). The van der Waals surface area contributed by atoms with E-state index in [9.17, 15) is 0 Å². The Labute approximate surface area is 241 Å². The van der Waals surface area contributed by atoms with Crippen molar-refractivity contribution in [1.82, 2.24) is 0 Å². The summed E-state index contributed by atoms with van der Waals surface area (Å²) in [5.41, 5.74) is 2.89. The minimum absolute atomic E-state index is 0.0984. The Bertz CT molecular complexity index is 1340. The van der Waals surface area contributed by atoms with Gasteiger partial charge in [-0.15, -0.1) is 0 Å². The summed E-state index contributed by atoms with van der Waals surface area (Å²) in [5, 5.41) is 0. The molecule has 0 aliphatic carbocycles. The monoisotopic (exact) mass is 566 g/mol. The van der Waals surface area contributed by atoms with Crippen LogP contribution in [0.3, 0.4) is 0 Å². The van der Waals surface area contributed by atoms with Crippen LogP contribution in [-0.4, -0.2) is 48.6 Å². The molecule has 0 bridgehead atoms. The predicted octanol–water partition coefficient (Wildman–Crippen LogP) is 6.26. The van der Waals surface area contributed by atoms with Gasteiger partial charge in [0.15, 0.2) is 34.5 Å². The third-order valence-corrected chi connectivity index (χ3v) is 8.03. The van der Waals surface area contributed by atoms with Crippen molar-refractivity contribution in [3.05, 3.63) is 71.3 Å². The number of ether oxygens (including phenoxy) is 9. The molecule has 0 saturated carbocycles. The van der Waals surface area contributed by atoms with Crippen LogP contribution in [0, 0.1) is 11.8 Å². The summed E-state index contributed by atoms with van der Waals surface area (Å²) in [6, 6.07) is 17.4. The minimum Gasteiger partial charge on any atom is -0.493 e. The molecule has 9 nitrogen and oxygen atoms in total. The lowest BCUT2D eigenvalue weighted by Crippen LogP contribution is -2.29. The van der Waals surface area contributed by atoms with Gasteiger partial charge in [-0.25, -0.2) is 0 Å². The third-order valence-electron chi connectivity index (χ3n) is 8.03. The van der Waals surface area contributed by atoms with Crippen molar-refractivity contribution in [2.75, 3.05) is 42.3 Å². The van der Waals surface area contributed by atoms with Crippen molar-refractivity contribution >= 4 is 0 Å². The van der Waals surface area contributed by atoms with Crippen LogP contribution in [0.2, 0.25) is 0 Å². The SMILES string of the molecule is COc1ccc([C@@H]2O[C@H](c3ccc(OC(OC)C(OC)c4ccc5c(c4)OCO5)c(OC)c3)[C@H](C)[C@@H]2C)cc1OC. The highest BCUT2D eigenvalue weighted by atomic mass is 16.7. The quantitative estimate of drug-likeness (QED) is 0.250. The molecule has 2 aliphatic rings. The van der Waals surface area contributed by atoms with E-state index < -0.39 is 12.4 Å². The van der Waals surface area contributed by atoms with Crippen LogP contribution in [0.1, 0.15) is 48.8 Å². The molecule has 3 aromatic rings. The summed E-state index contributed by atoms with van der Waals surface area (Å²) in [6.07, 6.45) is -1.51. The van der Waals surface area contributed by atoms with E-state index in [0.29, 0.717) is 34.5 Å². The van der Waals surface area contributed by atoms with Crippen molar-refractivity contribution < 1.29 is 42.6 Å². The molecule has 6 atom stereocenters. The molecule has 2 aliphatic heterocycles. The average molecular weight is 567 g/mol. The van der Waals surface area contributed by atoms with Gasteiger partial charge in [-0.2, -0.15) is 0 Å². The molecule has 0 spiro atoms. The molecule has 220 valence electrons. The standard InChI is InChI=1S/C32H38O9/c1-18-19(2)30(41-29(18)20-8-11-23(33-3)26(14-20)34-4)21-10-13-25(27(15-21)35-5)40-32(37-7)31(36-6)22-9-12-24-28(16-22)39-17-38-24/h8-16,18-19,29-32H,17H2,1-7H3/t18-,19+,29+,30-,31?,32?/m0/s1. The van der Waals surface area contributed by atoms with Crippen molar-refractivity contribution in [3.8, 4) is 34.5 Å². The second-order valence-corrected chi connectivity index (χ2v) is 10.2. The Kier molecular flexibility index (Phi) is 8.77. The number of rotatable bonds is 11. The summed E-state index contributed by atoms with van der Waals surface area (Å²) in [4.78, 5) is 0. The van der Waals surface area contributed by atoms with Crippen LogP contribution in [0.5, 0.6) is 34.5 Å². The summed E-state index contributed by atoms with van der Waals surface area (Å²) >= 11 is 0. The molecule has 2 unspecified atom stereocenters. The van der Waals surface area contributed by atoms with E-state index in [4.69, 9.17) is 42.6 Å². The van der Waals surface area contributed by atoms with E-state index in [1.54, 1.807) is 35.5 Å². The zero-order valence-electron chi connectivity index (χ0n) is 24.5. The first kappa shape index (κ1) is 28.9. The molecule has 41 heavy (non-hydrogen) atoms. The first-order chi connectivity index (χ1) is 19.9. The lowest BCUT2D eigenvalue weighted by atomic mass is 9.85. The molecule has 3 aromatic carbocycles. The molecule has 1 saturated heterocycles. The van der Waals surface area contributed by atoms with E-state index in [2.05, 4.69) is 13.8 Å². The molecule has 9 heteroatoms. The average Bonchev–Trinajstić information content (AvgIpc) is 3.60. The zero-order chi connectivity index (χ0) is 29.1. The second-order valence-electron chi connectivity index (χ2n) is 10.2. The smallest absolute Gasteiger partial charge is 0.231 e. The van der Waals surface area contributed by atoms with Gasteiger partial charge in [-0.3, -0.25) is 0 Å². The largest absolute Gasteiger partial charge is 0.493 e. The minimum atomic E-state index is -0.753. The van der Waals surface area contributed by atoms with Gasteiger partial charge in [0.1, 0.15) is 6.10 Å². The van der Waals surface area contributed by atoms with Gasteiger partial charge in [0.2, 0.25) is 13.1 Å². The summed E-state index contributed by atoms with van der Waals surface area (Å²) < 4.78 is 52.1. The van der Waals surface area contributed by atoms with Crippen LogP contribution in [0.4, 0.5) is 0 Å². The molecule has 1 fully saturated rings. The van der Waals surface area contributed by atoms with Crippen LogP contribution in [0.25, 0.3) is 0 Å².